The summed E-state index contributed by atoms with van der Waals surface area (Å²) in [5.41, 5.74) is 2.11. The molecule has 0 saturated carbocycles. The predicted molar refractivity (Wildman–Crippen MR) is 112 cm³/mol. The lowest BCUT2D eigenvalue weighted by Gasteiger charge is -2.15. The van der Waals surface area contributed by atoms with Gasteiger partial charge >= 0.3 is 0 Å². The van der Waals surface area contributed by atoms with Gasteiger partial charge in [-0.15, -0.1) is 0 Å². The maximum atomic E-state index is 13.9. The zero-order valence-electron chi connectivity index (χ0n) is 15.0. The minimum absolute atomic E-state index is 0.0145. The van der Waals surface area contributed by atoms with Crippen molar-refractivity contribution >= 4 is 33.2 Å². The van der Waals surface area contributed by atoms with Gasteiger partial charge in [-0.05, 0) is 54.1 Å². The summed E-state index contributed by atoms with van der Waals surface area (Å²) < 4.78 is 25.9. The molecule has 0 fully saturated rings. The number of phenols is 1. The van der Waals surface area contributed by atoms with Crippen molar-refractivity contribution in [2.45, 2.75) is 13.2 Å². The van der Waals surface area contributed by atoms with E-state index in [0.29, 0.717) is 28.6 Å². The lowest BCUT2D eigenvalue weighted by atomic mass is 10.2. The van der Waals surface area contributed by atoms with Crippen LogP contribution in [0.15, 0.2) is 59.1 Å². The van der Waals surface area contributed by atoms with Gasteiger partial charge in [0.25, 0.3) is 0 Å². The summed E-state index contributed by atoms with van der Waals surface area (Å²) >= 11 is 9.59. The molecule has 0 saturated heterocycles. The van der Waals surface area contributed by atoms with Crippen molar-refractivity contribution < 1.29 is 19.0 Å². The fourth-order valence-electron chi connectivity index (χ4n) is 2.58. The molecule has 146 valence electrons. The van der Waals surface area contributed by atoms with E-state index in [1.165, 1.54) is 6.07 Å². The zero-order valence-corrected chi connectivity index (χ0v) is 17.3. The summed E-state index contributed by atoms with van der Waals surface area (Å²) in [7, 11) is 1.54. The van der Waals surface area contributed by atoms with Crippen molar-refractivity contribution in [2.24, 2.45) is 0 Å². The Morgan fingerprint density at radius 2 is 1.86 bits per heavy atom. The van der Waals surface area contributed by atoms with Gasteiger partial charge in [0.15, 0.2) is 11.5 Å². The molecule has 0 aliphatic heterocycles. The Bertz CT molecular complexity index is 946. The number of methoxy groups -OCH3 is 1. The first-order chi connectivity index (χ1) is 13.5. The Kier molecular flexibility index (Phi) is 6.65. The van der Waals surface area contributed by atoms with E-state index in [2.05, 4.69) is 21.2 Å². The number of hydrogen-bond acceptors (Lipinski definition) is 4. The summed E-state index contributed by atoms with van der Waals surface area (Å²) in [5.74, 6) is 0.797. The van der Waals surface area contributed by atoms with Crippen molar-refractivity contribution in [3.63, 3.8) is 0 Å². The molecule has 28 heavy (non-hydrogen) atoms. The van der Waals surface area contributed by atoms with Crippen LogP contribution in [0.2, 0.25) is 5.02 Å². The van der Waals surface area contributed by atoms with Gasteiger partial charge in [0, 0.05) is 22.3 Å². The zero-order chi connectivity index (χ0) is 20.1. The molecule has 0 heterocycles. The smallest absolute Gasteiger partial charge is 0.162 e. The van der Waals surface area contributed by atoms with Crippen LogP contribution in [0.4, 0.5) is 10.1 Å². The topological polar surface area (TPSA) is 50.7 Å². The van der Waals surface area contributed by atoms with E-state index in [-0.39, 0.29) is 12.4 Å². The molecular formula is C21H18BrClFNO3. The number of hydrogen-bond donors (Lipinski definition) is 2. The van der Waals surface area contributed by atoms with Crippen LogP contribution in [-0.2, 0) is 13.2 Å². The number of halogens is 3. The Balaban J connectivity index is 1.74. The normalized spacial score (nSPS) is 10.6. The van der Waals surface area contributed by atoms with Gasteiger partial charge in [-0.3, -0.25) is 0 Å². The monoisotopic (exact) mass is 465 g/mol. The van der Waals surface area contributed by atoms with Crippen LogP contribution in [0, 0.1) is 5.82 Å². The largest absolute Gasteiger partial charge is 0.508 e. The minimum atomic E-state index is -0.416. The van der Waals surface area contributed by atoms with Crippen LogP contribution < -0.4 is 14.8 Å². The van der Waals surface area contributed by atoms with E-state index in [1.807, 2.05) is 6.07 Å². The molecule has 3 aromatic rings. The van der Waals surface area contributed by atoms with E-state index >= 15 is 0 Å². The van der Waals surface area contributed by atoms with Gasteiger partial charge in [0.1, 0.15) is 18.2 Å². The Labute approximate surface area is 176 Å². The summed E-state index contributed by atoms with van der Waals surface area (Å²) in [4.78, 5) is 0. The van der Waals surface area contributed by atoms with Crippen molar-refractivity contribution in [2.75, 3.05) is 12.4 Å². The lowest BCUT2D eigenvalue weighted by Crippen LogP contribution is -2.04. The fourth-order valence-corrected chi connectivity index (χ4v) is 3.26. The molecule has 2 N–H and O–H groups in total. The Hall–Kier alpha value is -2.44. The quantitative estimate of drug-likeness (QED) is 0.410. The average Bonchev–Trinajstić information content (AvgIpc) is 2.68. The highest BCUT2D eigenvalue weighted by Crippen LogP contribution is 2.35. The second kappa shape index (κ2) is 9.17. The molecule has 0 aromatic heterocycles. The van der Waals surface area contributed by atoms with Gasteiger partial charge in [-0.2, -0.15) is 0 Å². The molecule has 0 radical (unpaired) electrons. The molecule has 0 bridgehead atoms. The van der Waals surface area contributed by atoms with Crippen LogP contribution in [-0.4, -0.2) is 12.2 Å². The molecule has 4 nitrogen and oxygen atoms in total. The second-order valence-corrected chi connectivity index (χ2v) is 7.25. The molecule has 0 aliphatic rings. The van der Waals surface area contributed by atoms with E-state index in [0.717, 1.165) is 15.7 Å². The molecule has 7 heteroatoms. The third-order valence-corrected chi connectivity index (χ3v) is 5.21. The second-order valence-electron chi connectivity index (χ2n) is 5.98. The highest BCUT2D eigenvalue weighted by molar-refractivity contribution is 9.10. The van der Waals surface area contributed by atoms with Gasteiger partial charge in [0.05, 0.1) is 12.1 Å². The fraction of sp³-hybridized carbons (Fsp3) is 0.143. The number of ether oxygens (including phenoxy) is 2. The number of anilines is 1. The summed E-state index contributed by atoms with van der Waals surface area (Å²) in [6.07, 6.45) is 0. The maximum Gasteiger partial charge on any atom is 0.162 e. The first kappa shape index (κ1) is 20.3. The summed E-state index contributed by atoms with van der Waals surface area (Å²) in [5, 5.41) is 12.9. The van der Waals surface area contributed by atoms with Crippen LogP contribution in [0.1, 0.15) is 11.1 Å². The van der Waals surface area contributed by atoms with Crippen LogP contribution in [0.3, 0.4) is 0 Å². The van der Waals surface area contributed by atoms with Gasteiger partial charge in [-0.1, -0.05) is 33.6 Å². The van der Waals surface area contributed by atoms with Gasteiger partial charge < -0.3 is 19.9 Å². The minimum Gasteiger partial charge on any atom is -0.508 e. The first-order valence-corrected chi connectivity index (χ1v) is 9.60. The molecule has 0 amide bonds. The molecule has 0 aliphatic carbocycles. The predicted octanol–water partition coefficient (Wildman–Crippen LogP) is 6.15. The van der Waals surface area contributed by atoms with Crippen molar-refractivity contribution in [1.82, 2.24) is 0 Å². The van der Waals surface area contributed by atoms with E-state index in [1.54, 1.807) is 49.6 Å². The molecular weight excluding hydrogens is 449 g/mol. The third-order valence-electron chi connectivity index (χ3n) is 4.12. The lowest BCUT2D eigenvalue weighted by molar-refractivity contribution is 0.279. The van der Waals surface area contributed by atoms with E-state index in [4.69, 9.17) is 21.1 Å². The van der Waals surface area contributed by atoms with Crippen molar-refractivity contribution in [3.8, 4) is 17.2 Å². The van der Waals surface area contributed by atoms with Gasteiger partial charge in [0.2, 0.25) is 0 Å². The SMILES string of the molecule is COc1cc(CNc2ccc(O)cc2)c(Br)cc1OCc1c(F)cccc1Cl. The molecule has 3 aromatic carbocycles. The highest BCUT2D eigenvalue weighted by Gasteiger charge is 2.13. The number of nitrogens with one attached hydrogen (secondary N) is 1. The molecule has 3 rings (SSSR count). The van der Waals surface area contributed by atoms with Crippen LogP contribution in [0.25, 0.3) is 0 Å². The van der Waals surface area contributed by atoms with E-state index in [9.17, 15) is 9.50 Å². The summed E-state index contributed by atoms with van der Waals surface area (Å²) in [6, 6.07) is 14.9. The average molecular weight is 467 g/mol. The maximum absolute atomic E-state index is 13.9. The number of rotatable bonds is 7. The molecule has 0 spiro atoms. The number of aromatic hydroxyl groups is 1. The standard InChI is InChI=1S/C21H18BrClFNO3/c1-27-20-9-13(11-25-14-5-7-15(26)8-6-14)17(22)10-21(20)28-12-16-18(23)3-2-4-19(16)24/h2-10,25-26H,11-12H2,1H3. The number of phenolic OH excluding ortho intramolecular Hbond substituents is 1. The van der Waals surface area contributed by atoms with Crippen molar-refractivity contribution in [1.29, 1.82) is 0 Å². The molecule has 0 unspecified atom stereocenters. The van der Waals surface area contributed by atoms with Gasteiger partial charge in [-0.25, -0.2) is 4.39 Å². The van der Waals surface area contributed by atoms with E-state index < -0.39 is 5.82 Å². The Morgan fingerprint density at radius 3 is 2.54 bits per heavy atom. The van der Waals surface area contributed by atoms with Crippen LogP contribution >= 0.6 is 27.5 Å². The Morgan fingerprint density at radius 1 is 1.11 bits per heavy atom. The van der Waals surface area contributed by atoms with Crippen molar-refractivity contribution in [3.05, 3.63) is 81.0 Å². The van der Waals surface area contributed by atoms with Crippen LogP contribution in [0.5, 0.6) is 17.2 Å². The third kappa shape index (κ3) is 4.88. The molecule has 0 atom stereocenters. The summed E-state index contributed by atoms with van der Waals surface area (Å²) in [6.45, 7) is 0.514. The first-order valence-electron chi connectivity index (χ1n) is 8.43. The highest BCUT2D eigenvalue weighted by atomic mass is 79.9. The number of benzene rings is 3.